The lowest BCUT2D eigenvalue weighted by Gasteiger charge is -2.36. The lowest BCUT2D eigenvalue weighted by Crippen LogP contribution is -2.42. The summed E-state index contributed by atoms with van der Waals surface area (Å²) in [5.41, 5.74) is 2.42. The van der Waals surface area contributed by atoms with Crippen LogP contribution in [0, 0.1) is 6.92 Å². The molecule has 5 nitrogen and oxygen atoms in total. The Morgan fingerprint density at radius 2 is 1.76 bits per heavy atom. The molecule has 0 fully saturated rings. The summed E-state index contributed by atoms with van der Waals surface area (Å²) in [7, 11) is -1.69. The van der Waals surface area contributed by atoms with Crippen LogP contribution in [0.25, 0.3) is 10.9 Å². The van der Waals surface area contributed by atoms with Gasteiger partial charge in [-0.1, -0.05) is 26.8 Å². The summed E-state index contributed by atoms with van der Waals surface area (Å²) in [6.07, 6.45) is -0.335. The number of nitrogens with one attached hydrogen (secondary N) is 1. The summed E-state index contributed by atoms with van der Waals surface area (Å²) < 4.78 is 13.4. The molecule has 0 saturated heterocycles. The van der Waals surface area contributed by atoms with Gasteiger partial charge in [0.1, 0.15) is 5.60 Å². The van der Waals surface area contributed by atoms with Crippen LogP contribution in [0.5, 0.6) is 0 Å². The fourth-order valence-corrected chi connectivity index (χ4v) is 3.94. The van der Waals surface area contributed by atoms with Gasteiger partial charge in [-0.05, 0) is 69.6 Å². The van der Waals surface area contributed by atoms with Gasteiger partial charge in [-0.15, -0.1) is 0 Å². The molecule has 1 N–H and O–H groups in total. The normalized spacial score (nSPS) is 13.1. The number of hydrogen-bond acceptors (Lipinski definition) is 4. The van der Waals surface area contributed by atoms with E-state index in [4.69, 9.17) is 9.16 Å². The number of hydrogen-bond donors (Lipinski definition) is 1. The standard InChI is InChI=1S/C23H38N2O3Si/c1-17-14-19-15-18(16-24-12-13-27-29(8,9)23(5,6)7)10-11-20(19)25(17)21(26)28-22(2,3)4/h10-11,14-15,24H,12-13,16H2,1-9H3. The molecule has 0 unspecified atom stereocenters. The lowest BCUT2D eigenvalue weighted by molar-refractivity contribution is 0.0541. The van der Waals surface area contributed by atoms with E-state index in [-0.39, 0.29) is 11.1 Å². The summed E-state index contributed by atoms with van der Waals surface area (Å²) in [5, 5.41) is 4.74. The Balaban J connectivity index is 1.98. The first-order valence-corrected chi connectivity index (χ1v) is 13.3. The number of nitrogens with zero attached hydrogens (tertiary/aromatic N) is 1. The molecule has 0 saturated carbocycles. The van der Waals surface area contributed by atoms with Gasteiger partial charge in [0, 0.05) is 30.8 Å². The molecule has 0 atom stereocenters. The molecule has 6 heteroatoms. The van der Waals surface area contributed by atoms with Crippen LogP contribution in [0.2, 0.25) is 18.1 Å². The second kappa shape index (κ2) is 8.62. The number of benzene rings is 1. The van der Waals surface area contributed by atoms with Gasteiger partial charge in [-0.2, -0.15) is 0 Å². The SMILES string of the molecule is Cc1cc2cc(CNCCO[Si](C)(C)C(C)(C)C)ccc2n1C(=O)OC(C)(C)C. The third-order valence-electron chi connectivity index (χ3n) is 5.50. The molecule has 1 aromatic carbocycles. The maximum Gasteiger partial charge on any atom is 0.419 e. The molecule has 2 rings (SSSR count). The number of ether oxygens (including phenoxy) is 1. The minimum Gasteiger partial charge on any atom is -0.443 e. The highest BCUT2D eigenvalue weighted by atomic mass is 28.4. The summed E-state index contributed by atoms with van der Waals surface area (Å²) in [6.45, 7) is 21.2. The number of carbonyl (C=O) groups excluding carboxylic acids is 1. The summed E-state index contributed by atoms with van der Waals surface area (Å²) in [6, 6.07) is 8.22. The Kier molecular flexibility index (Phi) is 7.03. The van der Waals surface area contributed by atoms with Crippen molar-refractivity contribution in [3.05, 3.63) is 35.5 Å². The zero-order valence-electron chi connectivity index (χ0n) is 19.6. The van der Waals surface area contributed by atoms with Crippen molar-refractivity contribution in [1.29, 1.82) is 0 Å². The molecule has 1 heterocycles. The zero-order valence-corrected chi connectivity index (χ0v) is 20.6. The van der Waals surface area contributed by atoms with E-state index in [1.807, 2.05) is 39.8 Å². The largest absolute Gasteiger partial charge is 0.443 e. The molecular formula is C23H38N2O3Si. The second-order valence-corrected chi connectivity index (χ2v) is 15.1. The van der Waals surface area contributed by atoms with E-state index in [1.54, 1.807) is 4.57 Å². The molecule has 0 spiro atoms. The Bertz CT molecular complexity index is 857. The monoisotopic (exact) mass is 418 g/mol. The predicted molar refractivity (Wildman–Crippen MR) is 123 cm³/mol. The molecule has 0 bridgehead atoms. The van der Waals surface area contributed by atoms with Gasteiger partial charge >= 0.3 is 6.09 Å². The molecule has 162 valence electrons. The number of carbonyl (C=O) groups is 1. The Labute approximate surface area is 176 Å². The van der Waals surface area contributed by atoms with Crippen LogP contribution < -0.4 is 5.32 Å². The van der Waals surface area contributed by atoms with Gasteiger partial charge in [0.25, 0.3) is 0 Å². The van der Waals surface area contributed by atoms with Gasteiger partial charge in [-0.25, -0.2) is 9.36 Å². The van der Waals surface area contributed by atoms with Crippen molar-refractivity contribution in [1.82, 2.24) is 9.88 Å². The van der Waals surface area contributed by atoms with E-state index in [9.17, 15) is 4.79 Å². The second-order valence-electron chi connectivity index (χ2n) is 10.3. The minimum absolute atomic E-state index is 0.233. The highest BCUT2D eigenvalue weighted by Crippen LogP contribution is 2.36. The van der Waals surface area contributed by atoms with Crippen LogP contribution in [-0.4, -0.2) is 37.7 Å². The maximum atomic E-state index is 12.6. The van der Waals surface area contributed by atoms with Crippen molar-refractivity contribution in [3.63, 3.8) is 0 Å². The lowest BCUT2D eigenvalue weighted by atomic mass is 10.1. The average molecular weight is 419 g/mol. The molecule has 0 radical (unpaired) electrons. The first kappa shape index (κ1) is 23.6. The first-order valence-electron chi connectivity index (χ1n) is 10.4. The van der Waals surface area contributed by atoms with Crippen LogP contribution in [0.1, 0.15) is 52.8 Å². The van der Waals surface area contributed by atoms with E-state index in [2.05, 4.69) is 51.3 Å². The maximum absolute atomic E-state index is 12.6. The third kappa shape index (κ3) is 6.17. The first-order chi connectivity index (χ1) is 13.2. The third-order valence-corrected chi connectivity index (χ3v) is 10.0. The van der Waals surface area contributed by atoms with Crippen molar-refractivity contribution in [2.75, 3.05) is 13.2 Å². The number of aromatic nitrogens is 1. The van der Waals surface area contributed by atoms with Gasteiger partial charge in [0.2, 0.25) is 0 Å². The van der Waals surface area contributed by atoms with Crippen molar-refractivity contribution in [2.24, 2.45) is 0 Å². The molecular weight excluding hydrogens is 380 g/mol. The molecule has 1 aromatic heterocycles. The Morgan fingerprint density at radius 1 is 1.10 bits per heavy atom. The summed E-state index contributed by atoms with van der Waals surface area (Å²) >= 11 is 0. The van der Waals surface area contributed by atoms with E-state index in [0.29, 0.717) is 0 Å². The Hall–Kier alpha value is -1.63. The topological polar surface area (TPSA) is 52.5 Å². The minimum atomic E-state index is -1.69. The fourth-order valence-electron chi connectivity index (χ4n) is 2.89. The van der Waals surface area contributed by atoms with E-state index >= 15 is 0 Å². The molecule has 0 amide bonds. The van der Waals surface area contributed by atoms with Crippen LogP contribution in [-0.2, 0) is 15.7 Å². The van der Waals surface area contributed by atoms with Gasteiger partial charge < -0.3 is 14.5 Å². The van der Waals surface area contributed by atoms with Crippen molar-refractivity contribution >= 4 is 25.3 Å². The smallest absolute Gasteiger partial charge is 0.419 e. The summed E-state index contributed by atoms with van der Waals surface area (Å²) in [4.78, 5) is 12.6. The van der Waals surface area contributed by atoms with Gasteiger partial charge in [-0.3, -0.25) is 0 Å². The molecule has 29 heavy (non-hydrogen) atoms. The van der Waals surface area contributed by atoms with Crippen LogP contribution in [0.15, 0.2) is 24.3 Å². The van der Waals surface area contributed by atoms with Crippen LogP contribution in [0.4, 0.5) is 4.79 Å². The fraction of sp³-hybridized carbons (Fsp3) is 0.609. The molecule has 2 aromatic rings. The van der Waals surface area contributed by atoms with Gasteiger partial charge in [0.05, 0.1) is 5.52 Å². The van der Waals surface area contributed by atoms with Crippen LogP contribution >= 0.6 is 0 Å². The number of fused-ring (bicyclic) bond motifs is 1. The van der Waals surface area contributed by atoms with Crippen molar-refractivity contribution < 1.29 is 14.0 Å². The molecule has 0 aliphatic rings. The van der Waals surface area contributed by atoms with E-state index in [1.165, 1.54) is 5.56 Å². The quantitative estimate of drug-likeness (QED) is 0.473. The highest BCUT2D eigenvalue weighted by molar-refractivity contribution is 6.74. The average Bonchev–Trinajstić information content (AvgIpc) is 2.86. The van der Waals surface area contributed by atoms with E-state index in [0.717, 1.165) is 36.3 Å². The summed E-state index contributed by atoms with van der Waals surface area (Å²) in [5.74, 6) is 0. The predicted octanol–water partition coefficient (Wildman–Crippen LogP) is 5.84. The van der Waals surface area contributed by atoms with Crippen LogP contribution in [0.3, 0.4) is 0 Å². The van der Waals surface area contributed by atoms with Crippen molar-refractivity contribution in [3.8, 4) is 0 Å². The van der Waals surface area contributed by atoms with Gasteiger partial charge in [0.15, 0.2) is 8.32 Å². The number of rotatable bonds is 6. The van der Waals surface area contributed by atoms with Crippen molar-refractivity contribution in [2.45, 2.75) is 78.7 Å². The number of aryl methyl sites for hydroxylation is 1. The van der Waals surface area contributed by atoms with E-state index < -0.39 is 13.9 Å². The Morgan fingerprint density at radius 3 is 2.34 bits per heavy atom. The zero-order chi connectivity index (χ0) is 22.0. The highest BCUT2D eigenvalue weighted by Gasteiger charge is 2.36. The molecule has 0 aliphatic heterocycles. The molecule has 0 aliphatic carbocycles.